The average Bonchev–Trinajstić information content (AvgIpc) is 2.82. The third kappa shape index (κ3) is 7.33. The molecule has 0 radical (unpaired) electrons. The highest BCUT2D eigenvalue weighted by atomic mass is 19.3. The van der Waals surface area contributed by atoms with E-state index in [0.717, 1.165) is 62.5 Å². The highest BCUT2D eigenvalue weighted by Crippen LogP contribution is 2.39. The van der Waals surface area contributed by atoms with Crippen LogP contribution in [0.25, 0.3) is 0 Å². The van der Waals surface area contributed by atoms with E-state index in [2.05, 4.69) is 13.2 Å². The van der Waals surface area contributed by atoms with Gasteiger partial charge in [-0.15, -0.1) is 13.2 Å². The molecule has 3 rings (SSSR count). The van der Waals surface area contributed by atoms with Crippen LogP contribution in [0.4, 0.5) is 13.2 Å². The second-order valence-corrected chi connectivity index (χ2v) is 9.08. The third-order valence-corrected chi connectivity index (χ3v) is 6.74. The second kappa shape index (κ2) is 12.2. The number of aryl methyl sites for hydroxylation is 1. The lowest BCUT2D eigenvalue weighted by Crippen LogP contribution is -2.22. The predicted molar refractivity (Wildman–Crippen MR) is 129 cm³/mol. The summed E-state index contributed by atoms with van der Waals surface area (Å²) >= 11 is 0. The zero-order valence-corrected chi connectivity index (χ0v) is 19.4. The highest BCUT2D eigenvalue weighted by Gasteiger charge is 2.36. The maximum Gasteiger partial charge on any atom is 0.386 e. The van der Waals surface area contributed by atoms with Crippen molar-refractivity contribution in [2.75, 3.05) is 6.61 Å². The van der Waals surface area contributed by atoms with E-state index in [9.17, 15) is 13.2 Å². The van der Waals surface area contributed by atoms with Crippen LogP contribution in [0, 0.1) is 11.7 Å². The molecule has 0 saturated heterocycles. The SMILES string of the molecule is C=CCCc1ccc(CCOC(F)(F)c2ccc(C3CCC(CCC=C)CC3)cc2F)cc1. The first-order valence-electron chi connectivity index (χ1n) is 12.0. The number of alkyl halides is 2. The summed E-state index contributed by atoms with van der Waals surface area (Å²) in [5, 5.41) is 0. The Kier molecular flexibility index (Phi) is 9.37. The Morgan fingerprint density at radius 2 is 1.52 bits per heavy atom. The van der Waals surface area contributed by atoms with E-state index >= 15 is 0 Å². The van der Waals surface area contributed by atoms with Crippen LogP contribution in [-0.2, 0) is 23.7 Å². The van der Waals surface area contributed by atoms with Gasteiger partial charge in [0, 0.05) is 0 Å². The van der Waals surface area contributed by atoms with E-state index in [0.29, 0.717) is 12.3 Å². The Labute approximate surface area is 196 Å². The number of benzene rings is 2. The van der Waals surface area contributed by atoms with Crippen LogP contribution in [0.1, 0.15) is 73.1 Å². The molecule has 4 heteroatoms. The lowest BCUT2D eigenvalue weighted by molar-refractivity contribution is -0.249. The van der Waals surface area contributed by atoms with Gasteiger partial charge in [-0.25, -0.2) is 4.39 Å². The van der Waals surface area contributed by atoms with Gasteiger partial charge in [-0.3, -0.25) is 0 Å². The van der Waals surface area contributed by atoms with Gasteiger partial charge in [-0.05, 0) is 98.4 Å². The summed E-state index contributed by atoms with van der Waals surface area (Å²) in [6.07, 6.45) is 8.60. The van der Waals surface area contributed by atoms with Crippen LogP contribution in [-0.4, -0.2) is 6.61 Å². The number of hydrogen-bond donors (Lipinski definition) is 0. The summed E-state index contributed by atoms with van der Waals surface area (Å²) in [4.78, 5) is 0. The molecule has 1 aliphatic rings. The van der Waals surface area contributed by atoms with Crippen LogP contribution in [0.15, 0.2) is 67.8 Å². The van der Waals surface area contributed by atoms with Crippen molar-refractivity contribution in [3.8, 4) is 0 Å². The fourth-order valence-electron chi connectivity index (χ4n) is 4.68. The van der Waals surface area contributed by atoms with Crippen LogP contribution in [0.3, 0.4) is 0 Å². The van der Waals surface area contributed by atoms with Crippen molar-refractivity contribution in [2.45, 2.75) is 69.8 Å². The topological polar surface area (TPSA) is 9.23 Å². The lowest BCUT2D eigenvalue weighted by atomic mass is 9.77. The van der Waals surface area contributed by atoms with Gasteiger partial charge in [-0.1, -0.05) is 42.5 Å². The van der Waals surface area contributed by atoms with Crippen LogP contribution < -0.4 is 0 Å². The lowest BCUT2D eigenvalue weighted by Gasteiger charge is -2.29. The maximum atomic E-state index is 14.7. The standard InChI is InChI=1S/C29H35F3O/c1-3-5-7-22-9-11-24(12-10-22)19-20-33-29(31,32)27-18-17-26(21-28(27)30)25-15-13-23(14-16-25)8-6-4-2/h3-4,9-12,17-18,21,23,25H,1-2,5-8,13-16,19-20H2. The van der Waals surface area contributed by atoms with Crippen molar-refractivity contribution in [3.05, 3.63) is 95.8 Å². The third-order valence-electron chi connectivity index (χ3n) is 6.74. The quantitative estimate of drug-likeness (QED) is 0.291. The molecule has 0 atom stereocenters. The minimum Gasteiger partial charge on any atom is -0.316 e. The van der Waals surface area contributed by atoms with E-state index in [-0.39, 0.29) is 12.5 Å². The van der Waals surface area contributed by atoms with Crippen molar-refractivity contribution in [1.29, 1.82) is 0 Å². The molecule has 1 saturated carbocycles. The summed E-state index contributed by atoms with van der Waals surface area (Å²) in [7, 11) is 0. The molecule has 2 aromatic carbocycles. The van der Waals surface area contributed by atoms with Gasteiger partial charge in [0.05, 0.1) is 12.2 Å². The molecule has 0 amide bonds. The number of halogens is 3. The molecule has 2 aromatic rings. The van der Waals surface area contributed by atoms with Crippen LogP contribution in [0.5, 0.6) is 0 Å². The van der Waals surface area contributed by atoms with Crippen molar-refractivity contribution in [2.24, 2.45) is 5.92 Å². The molecule has 0 spiro atoms. The zero-order chi connectivity index (χ0) is 23.7. The van der Waals surface area contributed by atoms with Gasteiger partial charge in [-0.2, -0.15) is 8.78 Å². The summed E-state index contributed by atoms with van der Waals surface area (Å²) in [5.41, 5.74) is 2.21. The van der Waals surface area contributed by atoms with E-state index in [1.54, 1.807) is 6.07 Å². The van der Waals surface area contributed by atoms with Gasteiger partial charge < -0.3 is 4.74 Å². The highest BCUT2D eigenvalue weighted by molar-refractivity contribution is 5.29. The van der Waals surface area contributed by atoms with Gasteiger partial charge in [0.25, 0.3) is 0 Å². The molecule has 0 aromatic heterocycles. The molecule has 0 aliphatic heterocycles. The fourth-order valence-corrected chi connectivity index (χ4v) is 4.68. The van der Waals surface area contributed by atoms with Crippen LogP contribution >= 0.6 is 0 Å². The molecule has 33 heavy (non-hydrogen) atoms. The maximum absolute atomic E-state index is 14.7. The molecule has 1 fully saturated rings. The monoisotopic (exact) mass is 456 g/mol. The van der Waals surface area contributed by atoms with Gasteiger partial charge >= 0.3 is 6.11 Å². The Morgan fingerprint density at radius 1 is 0.879 bits per heavy atom. The normalized spacial score (nSPS) is 18.8. The number of allylic oxidation sites excluding steroid dienone is 2. The Hall–Kier alpha value is -2.33. The summed E-state index contributed by atoms with van der Waals surface area (Å²) in [6, 6.07) is 11.9. The minimum absolute atomic E-state index is 0.186. The second-order valence-electron chi connectivity index (χ2n) is 9.08. The zero-order valence-electron chi connectivity index (χ0n) is 19.4. The Balaban J connectivity index is 1.53. The first-order chi connectivity index (χ1) is 15.9. The number of hydrogen-bond acceptors (Lipinski definition) is 1. The summed E-state index contributed by atoms with van der Waals surface area (Å²) < 4.78 is 48.7. The molecule has 0 bridgehead atoms. The van der Waals surface area contributed by atoms with Crippen molar-refractivity contribution in [3.63, 3.8) is 0 Å². The number of rotatable bonds is 12. The molecule has 1 nitrogen and oxygen atoms in total. The molecule has 0 heterocycles. The first-order valence-corrected chi connectivity index (χ1v) is 12.0. The Bertz CT molecular complexity index is 896. The molecule has 0 N–H and O–H groups in total. The van der Waals surface area contributed by atoms with E-state index in [1.807, 2.05) is 36.4 Å². The van der Waals surface area contributed by atoms with Crippen molar-refractivity contribution < 1.29 is 17.9 Å². The van der Waals surface area contributed by atoms with Gasteiger partial charge in [0.1, 0.15) is 5.82 Å². The van der Waals surface area contributed by atoms with Gasteiger partial charge in [0.2, 0.25) is 0 Å². The van der Waals surface area contributed by atoms with Crippen molar-refractivity contribution >= 4 is 0 Å². The van der Waals surface area contributed by atoms with Gasteiger partial charge in [0.15, 0.2) is 0 Å². The first kappa shape index (κ1) is 25.3. The molecule has 1 aliphatic carbocycles. The fraction of sp³-hybridized carbons (Fsp3) is 0.448. The summed E-state index contributed by atoms with van der Waals surface area (Å²) in [5.74, 6) is 0.0276. The Morgan fingerprint density at radius 3 is 2.12 bits per heavy atom. The molecule has 178 valence electrons. The minimum atomic E-state index is -3.66. The van der Waals surface area contributed by atoms with E-state index < -0.39 is 17.5 Å². The van der Waals surface area contributed by atoms with Crippen molar-refractivity contribution in [1.82, 2.24) is 0 Å². The van der Waals surface area contributed by atoms with Crippen LogP contribution in [0.2, 0.25) is 0 Å². The molecule has 0 unspecified atom stereocenters. The molecular weight excluding hydrogens is 421 g/mol. The average molecular weight is 457 g/mol. The molecular formula is C29H35F3O. The predicted octanol–water partition coefficient (Wildman–Crippen LogP) is 8.49. The number of ether oxygens (including phenoxy) is 1. The van der Waals surface area contributed by atoms with E-state index in [1.165, 1.54) is 17.7 Å². The van der Waals surface area contributed by atoms with E-state index in [4.69, 9.17) is 4.74 Å². The smallest absolute Gasteiger partial charge is 0.316 e. The largest absolute Gasteiger partial charge is 0.386 e. The summed E-state index contributed by atoms with van der Waals surface area (Å²) in [6.45, 7) is 7.30.